The number of rotatable bonds is 10. The molecule has 1 saturated heterocycles. The minimum absolute atomic E-state index is 0.0312. The van der Waals surface area contributed by atoms with Crippen LogP contribution in [0.15, 0.2) is 11.5 Å². The quantitative estimate of drug-likeness (QED) is 0.126. The molecule has 192 valence electrons. The van der Waals surface area contributed by atoms with E-state index in [1.165, 1.54) is 22.7 Å². The molecule has 0 saturated carbocycles. The maximum absolute atomic E-state index is 12.6. The predicted octanol–water partition coefficient (Wildman–Crippen LogP) is 1.72. The number of phosphoric acid groups is 1. The first-order valence-corrected chi connectivity index (χ1v) is 13.5. The summed E-state index contributed by atoms with van der Waals surface area (Å²) in [5, 5.41) is 23.7. The fourth-order valence-corrected chi connectivity index (χ4v) is 4.42. The molecule has 5 N–H and O–H groups in total. The van der Waals surface area contributed by atoms with Gasteiger partial charge in [-0.25, -0.2) is 19.5 Å². The summed E-state index contributed by atoms with van der Waals surface area (Å²) in [5.74, 6) is -0.0569. The number of fused-ring (bicyclic) bond motifs is 1. The van der Waals surface area contributed by atoms with Crippen molar-refractivity contribution in [3.05, 3.63) is 6.33 Å². The molecule has 18 heteroatoms. The van der Waals surface area contributed by atoms with E-state index in [9.17, 15) is 27.9 Å². The fraction of sp³-hybridized carbons (Fsp3) is 0.688. The second-order valence-electron chi connectivity index (χ2n) is 7.25. The number of aliphatic hydroxyl groups excluding tert-OH is 2. The summed E-state index contributed by atoms with van der Waals surface area (Å²) in [6.07, 6.45) is -7.91. The van der Waals surface area contributed by atoms with Crippen molar-refractivity contribution in [3.63, 3.8) is 0 Å². The van der Waals surface area contributed by atoms with E-state index in [2.05, 4.69) is 24.8 Å². The summed E-state index contributed by atoms with van der Waals surface area (Å²) in [6, 6.07) is 0. The van der Waals surface area contributed by atoms with Crippen LogP contribution >= 0.6 is 31.3 Å². The van der Waals surface area contributed by atoms with Gasteiger partial charge in [0.05, 0.1) is 24.7 Å². The number of imidazole rings is 1. The Bertz CT molecular complexity index is 1040. The Morgan fingerprint density at radius 3 is 2.65 bits per heavy atom. The van der Waals surface area contributed by atoms with Gasteiger partial charge >= 0.3 is 14.0 Å². The van der Waals surface area contributed by atoms with Crippen LogP contribution in [-0.4, -0.2) is 88.0 Å². The van der Waals surface area contributed by atoms with Gasteiger partial charge in [-0.1, -0.05) is 11.8 Å². The summed E-state index contributed by atoms with van der Waals surface area (Å²) in [6.45, 7) is 1.15. The van der Waals surface area contributed by atoms with Gasteiger partial charge in [0.2, 0.25) is 0 Å². The number of thioether (sulfide) groups is 2. The van der Waals surface area contributed by atoms with Crippen molar-refractivity contribution in [3.8, 4) is 0 Å². The third-order valence-corrected chi connectivity index (χ3v) is 6.89. The van der Waals surface area contributed by atoms with Crippen LogP contribution in [0.5, 0.6) is 0 Å². The zero-order chi connectivity index (χ0) is 25.3. The number of alkyl halides is 3. The molecule has 0 bridgehead atoms. The average Bonchev–Trinajstić information content (AvgIpc) is 3.26. The number of hydrogen-bond acceptors (Lipinski definition) is 11. The lowest BCUT2D eigenvalue weighted by Gasteiger charge is -2.18. The Balaban J connectivity index is 1.92. The van der Waals surface area contributed by atoms with Crippen molar-refractivity contribution in [2.75, 3.05) is 23.9 Å². The Kier molecular flexibility index (Phi) is 8.74. The first-order valence-electron chi connectivity index (χ1n) is 9.74. The molecule has 5 atom stereocenters. The van der Waals surface area contributed by atoms with Crippen molar-refractivity contribution in [2.45, 2.75) is 54.6 Å². The van der Waals surface area contributed by atoms with E-state index in [0.717, 1.165) is 11.8 Å². The third-order valence-electron chi connectivity index (χ3n) is 4.73. The SMILES string of the molecule is CSC(C)Nc1nc(SCCC(F)(F)F)nc2c1ncn2[C@@H]1O[C@H](COP(=O)(O)O)C(O)C1O. The number of aliphatic hydroxyl groups is 2. The van der Waals surface area contributed by atoms with Crippen LogP contribution in [0.4, 0.5) is 19.0 Å². The molecule has 3 unspecified atom stereocenters. The number of phosphoric ester groups is 1. The molecule has 12 nitrogen and oxygen atoms in total. The van der Waals surface area contributed by atoms with Gasteiger partial charge in [0.1, 0.15) is 18.3 Å². The van der Waals surface area contributed by atoms with E-state index in [4.69, 9.17) is 14.5 Å². The molecule has 0 amide bonds. The van der Waals surface area contributed by atoms with Crippen LogP contribution in [0.25, 0.3) is 11.2 Å². The zero-order valence-electron chi connectivity index (χ0n) is 17.8. The Hall–Kier alpha value is -1.17. The lowest BCUT2D eigenvalue weighted by molar-refractivity contribution is -0.129. The molecule has 2 aromatic heterocycles. The van der Waals surface area contributed by atoms with E-state index >= 15 is 0 Å². The van der Waals surface area contributed by atoms with Crippen molar-refractivity contribution >= 4 is 48.3 Å². The highest BCUT2D eigenvalue weighted by Gasteiger charge is 2.45. The molecular formula is C16H23F3N5O7PS2. The number of ether oxygens (including phenoxy) is 1. The Morgan fingerprint density at radius 1 is 1.32 bits per heavy atom. The van der Waals surface area contributed by atoms with Gasteiger partial charge in [-0.05, 0) is 13.2 Å². The number of anilines is 1. The third kappa shape index (κ3) is 6.95. The zero-order valence-corrected chi connectivity index (χ0v) is 20.3. The van der Waals surface area contributed by atoms with Gasteiger partial charge in [0.15, 0.2) is 28.4 Å². The molecule has 3 rings (SSSR count). The largest absolute Gasteiger partial charge is 0.469 e. The average molecular weight is 549 g/mol. The van der Waals surface area contributed by atoms with Gasteiger partial charge in [0.25, 0.3) is 0 Å². The molecule has 1 fully saturated rings. The van der Waals surface area contributed by atoms with Crippen molar-refractivity contribution < 1.29 is 47.0 Å². The number of nitrogens with one attached hydrogen (secondary N) is 1. The van der Waals surface area contributed by atoms with Crippen LogP contribution in [-0.2, 0) is 13.8 Å². The van der Waals surface area contributed by atoms with Gasteiger partial charge in [-0.2, -0.15) is 13.2 Å². The second-order valence-corrected chi connectivity index (χ2v) is 10.7. The topological polar surface area (TPSA) is 172 Å². The maximum Gasteiger partial charge on any atom is 0.469 e. The highest BCUT2D eigenvalue weighted by Crippen LogP contribution is 2.39. The van der Waals surface area contributed by atoms with Gasteiger partial charge in [-0.15, -0.1) is 11.8 Å². The molecule has 0 aromatic carbocycles. The molecule has 1 aliphatic rings. The summed E-state index contributed by atoms with van der Waals surface area (Å²) < 4.78 is 59.9. The molecule has 34 heavy (non-hydrogen) atoms. The lowest BCUT2D eigenvalue weighted by Crippen LogP contribution is -2.33. The smallest absolute Gasteiger partial charge is 0.387 e. The highest BCUT2D eigenvalue weighted by atomic mass is 32.2. The highest BCUT2D eigenvalue weighted by molar-refractivity contribution is 7.99. The van der Waals surface area contributed by atoms with Crippen LogP contribution in [0, 0.1) is 0 Å². The maximum atomic E-state index is 12.6. The van der Waals surface area contributed by atoms with Crippen molar-refractivity contribution in [2.24, 2.45) is 0 Å². The molecule has 1 aliphatic heterocycles. The Labute approximate surface area is 199 Å². The molecule has 0 radical (unpaired) electrons. The van der Waals surface area contributed by atoms with Crippen LogP contribution in [0.2, 0.25) is 0 Å². The minimum Gasteiger partial charge on any atom is -0.387 e. The standard InChI is InChI=1S/C16H23F3N5O7PS2/c1-7(33-2)21-12-9-13(23-15(22-12)34-4-3-16(17,18)19)24(6-20-9)14-11(26)10(25)8(31-14)5-30-32(27,28)29/h6-8,10-11,14,25-26H,3-5H2,1-2H3,(H,21,22,23)(H2,27,28,29)/t7?,8-,10?,11?,14-/m1/s1. The Morgan fingerprint density at radius 2 is 2.03 bits per heavy atom. The van der Waals surface area contributed by atoms with E-state index < -0.39 is 51.6 Å². The molecule has 0 aliphatic carbocycles. The van der Waals surface area contributed by atoms with Crippen LogP contribution in [0.3, 0.4) is 0 Å². The van der Waals surface area contributed by atoms with Gasteiger partial charge in [-0.3, -0.25) is 9.09 Å². The van der Waals surface area contributed by atoms with Crippen LogP contribution < -0.4 is 5.32 Å². The van der Waals surface area contributed by atoms with E-state index in [1.54, 1.807) is 0 Å². The summed E-state index contributed by atoms with van der Waals surface area (Å²) in [7, 11) is -4.84. The van der Waals surface area contributed by atoms with E-state index in [-0.39, 0.29) is 33.3 Å². The summed E-state index contributed by atoms with van der Waals surface area (Å²) in [4.78, 5) is 30.5. The second kappa shape index (κ2) is 10.8. The number of halogens is 3. The van der Waals surface area contributed by atoms with E-state index in [1.807, 2.05) is 13.2 Å². The first kappa shape index (κ1) is 27.4. The lowest BCUT2D eigenvalue weighted by atomic mass is 10.1. The number of aromatic nitrogens is 4. The molecule has 3 heterocycles. The minimum atomic E-state index is -4.84. The first-order chi connectivity index (χ1) is 15.8. The van der Waals surface area contributed by atoms with Gasteiger partial charge in [0, 0.05) is 5.75 Å². The van der Waals surface area contributed by atoms with E-state index in [0.29, 0.717) is 0 Å². The summed E-state index contributed by atoms with van der Waals surface area (Å²) >= 11 is 2.25. The monoisotopic (exact) mass is 549 g/mol. The number of nitrogens with zero attached hydrogens (tertiary/aromatic N) is 4. The van der Waals surface area contributed by atoms with Crippen LogP contribution in [0.1, 0.15) is 19.6 Å². The molecule has 2 aromatic rings. The predicted molar refractivity (Wildman–Crippen MR) is 117 cm³/mol. The summed E-state index contributed by atoms with van der Waals surface area (Å²) in [5.41, 5.74) is 0.370. The molecule has 0 spiro atoms. The van der Waals surface area contributed by atoms with Crippen molar-refractivity contribution in [1.29, 1.82) is 0 Å². The normalized spacial score (nSPS) is 24.6. The van der Waals surface area contributed by atoms with Crippen molar-refractivity contribution in [1.82, 2.24) is 19.5 Å². The molecular weight excluding hydrogens is 526 g/mol. The number of hydrogen-bond donors (Lipinski definition) is 5. The van der Waals surface area contributed by atoms with Gasteiger partial charge < -0.3 is 30.1 Å². The fourth-order valence-electron chi connectivity index (χ4n) is 3.02.